The summed E-state index contributed by atoms with van der Waals surface area (Å²) < 4.78 is 5.70. The predicted octanol–water partition coefficient (Wildman–Crippen LogP) is 1.73. The van der Waals surface area contributed by atoms with Crippen LogP contribution in [0.25, 0.3) is 0 Å². The maximum absolute atomic E-state index is 11.5. The Morgan fingerprint density at radius 2 is 2.00 bits per heavy atom. The minimum Gasteiger partial charge on any atom is -0.457 e. The number of carbonyl (C=O) groups is 1. The van der Waals surface area contributed by atoms with Gasteiger partial charge in [-0.3, -0.25) is 9.78 Å². The second-order valence-corrected chi connectivity index (χ2v) is 4.24. The van der Waals surface area contributed by atoms with Crippen molar-refractivity contribution in [3.63, 3.8) is 0 Å². The standard InChI is InChI=1S/C15H17N3O2/c1-17-15(19)14-10-13(7-9-18-14)20-12-4-2-11(3-5-12)6-8-16/h2-5,7,9-10H,6,8,16H2,1H3,(H,17,19). The average Bonchev–Trinajstić information content (AvgIpc) is 2.49. The fraction of sp³-hybridized carbons (Fsp3) is 0.200. The summed E-state index contributed by atoms with van der Waals surface area (Å²) in [7, 11) is 1.56. The van der Waals surface area contributed by atoms with E-state index in [0.29, 0.717) is 23.7 Å². The molecule has 0 aliphatic carbocycles. The summed E-state index contributed by atoms with van der Waals surface area (Å²) in [4.78, 5) is 15.5. The van der Waals surface area contributed by atoms with Crippen molar-refractivity contribution >= 4 is 5.91 Å². The first-order valence-electron chi connectivity index (χ1n) is 6.38. The molecule has 0 fully saturated rings. The van der Waals surface area contributed by atoms with Gasteiger partial charge in [-0.25, -0.2) is 0 Å². The van der Waals surface area contributed by atoms with Gasteiger partial charge in [-0.1, -0.05) is 12.1 Å². The maximum atomic E-state index is 11.5. The minimum absolute atomic E-state index is 0.242. The van der Waals surface area contributed by atoms with E-state index in [4.69, 9.17) is 10.5 Å². The van der Waals surface area contributed by atoms with E-state index in [1.807, 2.05) is 24.3 Å². The second kappa shape index (κ2) is 6.68. The highest BCUT2D eigenvalue weighted by Crippen LogP contribution is 2.21. The number of amides is 1. The number of nitrogens with zero attached hydrogens (tertiary/aromatic N) is 1. The van der Waals surface area contributed by atoms with Crippen LogP contribution in [0, 0.1) is 0 Å². The van der Waals surface area contributed by atoms with Crippen LogP contribution in [0.5, 0.6) is 11.5 Å². The van der Waals surface area contributed by atoms with E-state index >= 15 is 0 Å². The number of nitrogens with two attached hydrogens (primary N) is 1. The number of aromatic nitrogens is 1. The molecule has 1 aromatic carbocycles. The van der Waals surface area contributed by atoms with E-state index < -0.39 is 0 Å². The monoisotopic (exact) mass is 271 g/mol. The first-order chi connectivity index (χ1) is 9.72. The minimum atomic E-state index is -0.242. The van der Waals surface area contributed by atoms with Gasteiger partial charge in [0.05, 0.1) is 0 Å². The van der Waals surface area contributed by atoms with Crippen molar-refractivity contribution in [1.29, 1.82) is 0 Å². The van der Waals surface area contributed by atoms with Gasteiger partial charge in [0.15, 0.2) is 0 Å². The fourth-order valence-electron chi connectivity index (χ4n) is 1.75. The molecule has 1 aromatic heterocycles. The molecule has 2 rings (SSSR count). The number of pyridine rings is 1. The molecule has 20 heavy (non-hydrogen) atoms. The highest BCUT2D eigenvalue weighted by Gasteiger charge is 2.06. The fourth-order valence-corrected chi connectivity index (χ4v) is 1.75. The molecular formula is C15H17N3O2. The topological polar surface area (TPSA) is 77.2 Å². The largest absolute Gasteiger partial charge is 0.457 e. The van der Waals surface area contributed by atoms with E-state index in [0.717, 1.165) is 6.42 Å². The summed E-state index contributed by atoms with van der Waals surface area (Å²) in [5.41, 5.74) is 7.00. The summed E-state index contributed by atoms with van der Waals surface area (Å²) in [6, 6.07) is 11.0. The zero-order valence-corrected chi connectivity index (χ0v) is 11.3. The smallest absolute Gasteiger partial charge is 0.269 e. The van der Waals surface area contributed by atoms with Gasteiger partial charge in [0.1, 0.15) is 17.2 Å². The van der Waals surface area contributed by atoms with E-state index in [1.165, 1.54) is 5.56 Å². The zero-order valence-electron chi connectivity index (χ0n) is 11.3. The maximum Gasteiger partial charge on any atom is 0.269 e. The van der Waals surface area contributed by atoms with Crippen molar-refractivity contribution in [2.45, 2.75) is 6.42 Å². The molecule has 1 amide bonds. The van der Waals surface area contributed by atoms with Gasteiger partial charge in [-0.2, -0.15) is 0 Å². The third-order valence-electron chi connectivity index (χ3n) is 2.78. The van der Waals surface area contributed by atoms with Gasteiger partial charge in [-0.05, 0) is 36.7 Å². The quantitative estimate of drug-likeness (QED) is 0.868. The molecule has 104 valence electrons. The van der Waals surface area contributed by atoms with Gasteiger partial charge in [0.2, 0.25) is 0 Å². The van der Waals surface area contributed by atoms with Crippen LogP contribution in [0.2, 0.25) is 0 Å². The van der Waals surface area contributed by atoms with Crippen LogP contribution in [0.4, 0.5) is 0 Å². The van der Waals surface area contributed by atoms with E-state index in [9.17, 15) is 4.79 Å². The molecule has 0 saturated heterocycles. The van der Waals surface area contributed by atoms with Crippen LogP contribution in [-0.4, -0.2) is 24.5 Å². The Hall–Kier alpha value is -2.40. The van der Waals surface area contributed by atoms with Crippen molar-refractivity contribution in [2.75, 3.05) is 13.6 Å². The SMILES string of the molecule is CNC(=O)c1cc(Oc2ccc(CCN)cc2)ccn1. The Morgan fingerprint density at radius 3 is 2.65 bits per heavy atom. The summed E-state index contributed by atoms with van der Waals surface area (Å²) in [5.74, 6) is 1.04. The van der Waals surface area contributed by atoms with Crippen LogP contribution in [0.3, 0.4) is 0 Å². The molecule has 0 bridgehead atoms. The molecular weight excluding hydrogens is 254 g/mol. The van der Waals surface area contributed by atoms with Crippen molar-refractivity contribution in [1.82, 2.24) is 10.3 Å². The lowest BCUT2D eigenvalue weighted by molar-refractivity contribution is 0.0958. The zero-order chi connectivity index (χ0) is 14.4. The van der Waals surface area contributed by atoms with Crippen LogP contribution >= 0.6 is 0 Å². The number of hydrogen-bond donors (Lipinski definition) is 2. The summed E-state index contributed by atoms with van der Waals surface area (Å²) in [6.07, 6.45) is 2.39. The van der Waals surface area contributed by atoms with Crippen molar-refractivity contribution in [2.24, 2.45) is 5.73 Å². The summed E-state index contributed by atoms with van der Waals surface area (Å²) in [6.45, 7) is 0.625. The van der Waals surface area contributed by atoms with Crippen molar-refractivity contribution < 1.29 is 9.53 Å². The molecule has 0 atom stereocenters. The molecule has 0 unspecified atom stereocenters. The molecule has 0 spiro atoms. The highest BCUT2D eigenvalue weighted by atomic mass is 16.5. The Bertz CT molecular complexity index is 582. The number of hydrogen-bond acceptors (Lipinski definition) is 4. The first kappa shape index (κ1) is 14.0. The van der Waals surface area contributed by atoms with Crippen LogP contribution in [0.15, 0.2) is 42.6 Å². The third-order valence-corrected chi connectivity index (χ3v) is 2.78. The third kappa shape index (κ3) is 3.55. The number of rotatable bonds is 5. The van der Waals surface area contributed by atoms with Gasteiger partial charge >= 0.3 is 0 Å². The molecule has 0 aliphatic heterocycles. The molecule has 0 saturated carbocycles. The molecule has 0 radical (unpaired) electrons. The average molecular weight is 271 g/mol. The second-order valence-electron chi connectivity index (χ2n) is 4.24. The van der Waals surface area contributed by atoms with E-state index in [1.54, 1.807) is 25.4 Å². The number of benzene rings is 1. The Morgan fingerprint density at radius 1 is 1.25 bits per heavy atom. The molecule has 5 nitrogen and oxygen atoms in total. The summed E-state index contributed by atoms with van der Waals surface area (Å²) >= 11 is 0. The molecule has 5 heteroatoms. The van der Waals surface area contributed by atoms with Gasteiger partial charge in [0.25, 0.3) is 5.91 Å². The molecule has 2 aromatic rings. The lowest BCUT2D eigenvalue weighted by Crippen LogP contribution is -2.18. The molecule has 3 N–H and O–H groups in total. The van der Waals surface area contributed by atoms with E-state index in [-0.39, 0.29) is 5.91 Å². The first-order valence-corrected chi connectivity index (χ1v) is 6.38. The Labute approximate surface area is 117 Å². The van der Waals surface area contributed by atoms with Gasteiger partial charge in [-0.15, -0.1) is 0 Å². The number of ether oxygens (including phenoxy) is 1. The summed E-state index contributed by atoms with van der Waals surface area (Å²) in [5, 5.41) is 2.53. The number of carbonyl (C=O) groups excluding carboxylic acids is 1. The predicted molar refractivity (Wildman–Crippen MR) is 76.9 cm³/mol. The normalized spacial score (nSPS) is 10.1. The number of nitrogens with one attached hydrogen (secondary N) is 1. The van der Waals surface area contributed by atoms with Crippen LogP contribution in [0.1, 0.15) is 16.1 Å². The van der Waals surface area contributed by atoms with Crippen molar-refractivity contribution in [3.05, 3.63) is 53.9 Å². The van der Waals surface area contributed by atoms with Gasteiger partial charge in [0, 0.05) is 19.3 Å². The van der Waals surface area contributed by atoms with Gasteiger partial charge < -0.3 is 15.8 Å². The molecule has 0 aliphatic rings. The highest BCUT2D eigenvalue weighted by molar-refractivity contribution is 5.92. The lowest BCUT2D eigenvalue weighted by atomic mass is 10.1. The molecule has 1 heterocycles. The van der Waals surface area contributed by atoms with Crippen molar-refractivity contribution in [3.8, 4) is 11.5 Å². The van der Waals surface area contributed by atoms with E-state index in [2.05, 4.69) is 10.3 Å². The Balaban J connectivity index is 2.11. The van der Waals surface area contributed by atoms with Crippen LogP contribution in [-0.2, 0) is 6.42 Å². The lowest BCUT2D eigenvalue weighted by Gasteiger charge is -2.07. The Kier molecular flexibility index (Phi) is 4.68. The van der Waals surface area contributed by atoms with Crippen LogP contribution < -0.4 is 15.8 Å².